The number of rotatable bonds is 3. The van der Waals surface area contributed by atoms with Gasteiger partial charge in [0.15, 0.2) is 4.34 Å². The van der Waals surface area contributed by atoms with E-state index in [9.17, 15) is 4.79 Å². The Morgan fingerprint density at radius 1 is 1.28 bits per heavy atom. The lowest BCUT2D eigenvalue weighted by molar-refractivity contribution is -0.130. The third kappa shape index (κ3) is 3.68. The Balaban J connectivity index is 1.91. The normalized spacial score (nSPS) is 18.4. The summed E-state index contributed by atoms with van der Waals surface area (Å²) in [7, 11) is 0. The molecule has 2 heterocycles. The van der Waals surface area contributed by atoms with Gasteiger partial charge in [-0.3, -0.25) is 4.79 Å². The molecule has 100 valence electrons. The highest BCUT2D eigenvalue weighted by Gasteiger charge is 2.23. The van der Waals surface area contributed by atoms with Crippen LogP contribution in [0, 0.1) is 6.92 Å². The molecular weight excluding hydrogens is 266 g/mol. The Labute approximate surface area is 116 Å². The molecule has 0 bridgehead atoms. The van der Waals surface area contributed by atoms with Gasteiger partial charge in [0.2, 0.25) is 5.91 Å². The van der Waals surface area contributed by atoms with E-state index in [1.165, 1.54) is 24.6 Å². The van der Waals surface area contributed by atoms with Gasteiger partial charge in [0.1, 0.15) is 5.01 Å². The van der Waals surface area contributed by atoms with Gasteiger partial charge < -0.3 is 4.90 Å². The van der Waals surface area contributed by atoms with Crippen LogP contribution in [0.2, 0.25) is 0 Å². The molecule has 0 radical (unpaired) electrons. The summed E-state index contributed by atoms with van der Waals surface area (Å²) >= 11 is 3.08. The van der Waals surface area contributed by atoms with E-state index in [4.69, 9.17) is 0 Å². The predicted molar refractivity (Wildman–Crippen MR) is 75.0 cm³/mol. The largest absolute Gasteiger partial charge is 0.342 e. The molecule has 0 spiro atoms. The van der Waals surface area contributed by atoms with Crippen LogP contribution in [0.1, 0.15) is 37.6 Å². The van der Waals surface area contributed by atoms with Crippen LogP contribution in [0.4, 0.5) is 0 Å². The smallest absolute Gasteiger partial charge is 0.235 e. The zero-order chi connectivity index (χ0) is 13.0. The average Bonchev–Trinajstić information content (AvgIpc) is 2.62. The maximum Gasteiger partial charge on any atom is 0.235 e. The van der Waals surface area contributed by atoms with Crippen molar-refractivity contribution in [2.75, 3.05) is 13.1 Å². The van der Waals surface area contributed by atoms with Crippen LogP contribution >= 0.6 is 23.1 Å². The van der Waals surface area contributed by atoms with Crippen molar-refractivity contribution in [1.82, 2.24) is 15.1 Å². The molecule has 1 atom stereocenters. The van der Waals surface area contributed by atoms with Crippen molar-refractivity contribution in [3.05, 3.63) is 5.01 Å². The quantitative estimate of drug-likeness (QED) is 0.801. The fraction of sp³-hybridized carbons (Fsp3) is 0.750. The van der Waals surface area contributed by atoms with Crippen molar-refractivity contribution in [1.29, 1.82) is 0 Å². The molecule has 6 heteroatoms. The van der Waals surface area contributed by atoms with Crippen LogP contribution in [0.3, 0.4) is 0 Å². The first-order chi connectivity index (χ1) is 8.66. The van der Waals surface area contributed by atoms with Gasteiger partial charge in [0, 0.05) is 13.1 Å². The van der Waals surface area contributed by atoms with Crippen molar-refractivity contribution in [3.8, 4) is 0 Å². The van der Waals surface area contributed by atoms with E-state index in [1.54, 1.807) is 11.3 Å². The van der Waals surface area contributed by atoms with E-state index in [2.05, 4.69) is 10.2 Å². The van der Waals surface area contributed by atoms with Gasteiger partial charge in [-0.1, -0.05) is 35.9 Å². The van der Waals surface area contributed by atoms with Crippen molar-refractivity contribution < 1.29 is 4.79 Å². The summed E-state index contributed by atoms with van der Waals surface area (Å²) in [4.78, 5) is 14.3. The maximum atomic E-state index is 12.3. The Bertz CT molecular complexity index is 400. The van der Waals surface area contributed by atoms with Gasteiger partial charge in [0.25, 0.3) is 0 Å². The van der Waals surface area contributed by atoms with Crippen LogP contribution in [0.5, 0.6) is 0 Å². The molecule has 0 aromatic carbocycles. The Morgan fingerprint density at radius 2 is 1.94 bits per heavy atom. The lowest BCUT2D eigenvalue weighted by Crippen LogP contribution is -2.37. The third-order valence-electron chi connectivity index (χ3n) is 3.05. The van der Waals surface area contributed by atoms with E-state index in [-0.39, 0.29) is 11.2 Å². The Hall–Kier alpha value is -0.620. The molecule has 18 heavy (non-hydrogen) atoms. The topological polar surface area (TPSA) is 46.1 Å². The van der Waals surface area contributed by atoms with Crippen LogP contribution in [0.15, 0.2) is 4.34 Å². The Kier molecular flexibility index (Phi) is 5.00. The number of hydrogen-bond donors (Lipinski definition) is 0. The molecule has 0 saturated carbocycles. The van der Waals surface area contributed by atoms with Gasteiger partial charge in [-0.05, 0) is 26.7 Å². The number of carbonyl (C=O) groups excluding carboxylic acids is 1. The number of hydrogen-bond acceptors (Lipinski definition) is 5. The highest BCUT2D eigenvalue weighted by atomic mass is 32.2. The zero-order valence-electron chi connectivity index (χ0n) is 10.9. The molecule has 1 amide bonds. The Morgan fingerprint density at radius 3 is 2.50 bits per heavy atom. The number of likely N-dealkylation sites (tertiary alicyclic amines) is 1. The van der Waals surface area contributed by atoms with Gasteiger partial charge in [-0.15, -0.1) is 10.2 Å². The van der Waals surface area contributed by atoms with Crippen LogP contribution in [-0.2, 0) is 4.79 Å². The molecule has 4 nitrogen and oxygen atoms in total. The predicted octanol–water partition coefficient (Wildman–Crippen LogP) is 2.73. The number of aromatic nitrogens is 2. The molecule has 1 aromatic rings. The second-order valence-electron chi connectivity index (χ2n) is 4.59. The molecule has 1 aromatic heterocycles. The van der Waals surface area contributed by atoms with Crippen molar-refractivity contribution >= 4 is 29.0 Å². The molecule has 1 aliphatic heterocycles. The first-order valence-corrected chi connectivity index (χ1v) is 8.12. The fourth-order valence-electron chi connectivity index (χ4n) is 2.08. The SMILES string of the molecule is Cc1nnc(S[C@@H](C)C(=O)N2CCCCCC2)s1. The van der Waals surface area contributed by atoms with Crippen LogP contribution in [0.25, 0.3) is 0 Å². The van der Waals surface area contributed by atoms with Crippen LogP contribution in [-0.4, -0.2) is 39.3 Å². The number of thioether (sulfide) groups is 1. The second-order valence-corrected chi connectivity index (χ2v) is 7.36. The number of amides is 1. The van der Waals surface area contributed by atoms with E-state index in [0.717, 1.165) is 35.3 Å². The van der Waals surface area contributed by atoms with E-state index in [0.29, 0.717) is 0 Å². The zero-order valence-corrected chi connectivity index (χ0v) is 12.5. The van der Waals surface area contributed by atoms with Crippen LogP contribution < -0.4 is 0 Å². The van der Waals surface area contributed by atoms with E-state index in [1.807, 2.05) is 18.7 Å². The minimum atomic E-state index is -0.0598. The number of aryl methyl sites for hydroxylation is 1. The second kappa shape index (κ2) is 6.52. The molecule has 0 N–H and O–H groups in total. The number of carbonyl (C=O) groups is 1. The lowest BCUT2D eigenvalue weighted by atomic mass is 10.2. The third-order valence-corrected chi connectivity index (χ3v) is 5.06. The summed E-state index contributed by atoms with van der Waals surface area (Å²) in [5, 5.41) is 8.93. The molecular formula is C12H19N3OS2. The monoisotopic (exact) mass is 285 g/mol. The molecule has 0 unspecified atom stereocenters. The summed E-state index contributed by atoms with van der Waals surface area (Å²) in [6.45, 7) is 5.73. The first-order valence-electron chi connectivity index (χ1n) is 6.42. The van der Waals surface area contributed by atoms with E-state index >= 15 is 0 Å². The van der Waals surface area contributed by atoms with E-state index < -0.39 is 0 Å². The summed E-state index contributed by atoms with van der Waals surface area (Å²) in [6, 6.07) is 0. The van der Waals surface area contributed by atoms with Crippen molar-refractivity contribution in [2.45, 2.75) is 49.1 Å². The molecule has 1 aliphatic rings. The first kappa shape index (κ1) is 13.8. The summed E-state index contributed by atoms with van der Waals surface area (Å²) in [5.41, 5.74) is 0. The number of nitrogens with zero attached hydrogens (tertiary/aromatic N) is 3. The molecule has 1 fully saturated rings. The van der Waals surface area contributed by atoms with Gasteiger partial charge >= 0.3 is 0 Å². The van der Waals surface area contributed by atoms with Gasteiger partial charge in [-0.25, -0.2) is 0 Å². The highest BCUT2D eigenvalue weighted by molar-refractivity contribution is 8.02. The highest BCUT2D eigenvalue weighted by Crippen LogP contribution is 2.27. The maximum absolute atomic E-state index is 12.3. The van der Waals surface area contributed by atoms with Gasteiger partial charge in [0.05, 0.1) is 5.25 Å². The standard InChI is InChI=1S/C12H19N3OS2/c1-9(17-12-14-13-10(2)18-12)11(16)15-7-5-3-4-6-8-15/h9H,3-8H2,1-2H3/t9-/m0/s1. The summed E-state index contributed by atoms with van der Waals surface area (Å²) < 4.78 is 0.892. The lowest BCUT2D eigenvalue weighted by Gasteiger charge is -2.23. The minimum Gasteiger partial charge on any atom is -0.342 e. The molecule has 1 saturated heterocycles. The summed E-state index contributed by atoms with van der Waals surface area (Å²) in [6.07, 6.45) is 4.78. The molecule has 2 rings (SSSR count). The summed E-state index contributed by atoms with van der Waals surface area (Å²) in [5.74, 6) is 0.245. The minimum absolute atomic E-state index is 0.0598. The molecule has 0 aliphatic carbocycles. The fourth-order valence-corrected chi connectivity index (χ4v) is 4.12. The van der Waals surface area contributed by atoms with Gasteiger partial charge in [-0.2, -0.15) is 0 Å². The van der Waals surface area contributed by atoms with Crippen molar-refractivity contribution in [3.63, 3.8) is 0 Å². The average molecular weight is 285 g/mol. The van der Waals surface area contributed by atoms with Crippen molar-refractivity contribution in [2.24, 2.45) is 0 Å².